The maximum atomic E-state index is 5.62. The second-order valence-electron chi connectivity index (χ2n) is 5.12. The average Bonchev–Trinajstić information content (AvgIpc) is 2.38. The molecule has 1 aromatic carbocycles. The van der Waals surface area contributed by atoms with Gasteiger partial charge in [0.1, 0.15) is 0 Å². The minimum Gasteiger partial charge on any atom is -0.393 e. The van der Waals surface area contributed by atoms with E-state index in [0.29, 0.717) is 17.5 Å². The largest absolute Gasteiger partial charge is 0.393 e. The molecule has 4 nitrogen and oxygen atoms in total. The molecule has 2 aromatic rings. The van der Waals surface area contributed by atoms with E-state index >= 15 is 0 Å². The summed E-state index contributed by atoms with van der Waals surface area (Å²) < 4.78 is 0. The van der Waals surface area contributed by atoms with Crippen LogP contribution in [0.25, 0.3) is 11.0 Å². The van der Waals surface area contributed by atoms with Crippen molar-refractivity contribution in [1.29, 1.82) is 0 Å². The standard InChI is InChI=1S/C15H20N4S/c1-10(2)19(9-8-14(16)20)15-11(3)17-12-6-4-5-7-13(12)18-15/h4-7,10H,8-9H2,1-3H3,(H2,16,20). The highest BCUT2D eigenvalue weighted by molar-refractivity contribution is 7.80. The number of hydrogen-bond acceptors (Lipinski definition) is 4. The summed E-state index contributed by atoms with van der Waals surface area (Å²) in [5.41, 5.74) is 8.38. The van der Waals surface area contributed by atoms with Crippen LogP contribution in [0.4, 0.5) is 5.82 Å². The van der Waals surface area contributed by atoms with E-state index in [-0.39, 0.29) is 0 Å². The summed E-state index contributed by atoms with van der Waals surface area (Å²) in [4.78, 5) is 12.1. The zero-order valence-corrected chi connectivity index (χ0v) is 12.9. The lowest BCUT2D eigenvalue weighted by Gasteiger charge is -2.28. The molecular weight excluding hydrogens is 268 g/mol. The van der Waals surface area contributed by atoms with Crippen molar-refractivity contribution in [2.45, 2.75) is 33.2 Å². The predicted molar refractivity (Wildman–Crippen MR) is 88.2 cm³/mol. The van der Waals surface area contributed by atoms with E-state index in [4.69, 9.17) is 22.9 Å². The number of thiocarbonyl (C=S) groups is 1. The number of hydrogen-bond donors (Lipinski definition) is 1. The quantitative estimate of drug-likeness (QED) is 0.857. The summed E-state index contributed by atoms with van der Waals surface area (Å²) >= 11 is 4.98. The number of aryl methyl sites for hydroxylation is 1. The Morgan fingerprint density at radius 1 is 1.25 bits per heavy atom. The molecule has 2 N–H and O–H groups in total. The molecule has 1 aromatic heterocycles. The van der Waals surface area contributed by atoms with Gasteiger partial charge in [-0.05, 0) is 32.9 Å². The number of anilines is 1. The summed E-state index contributed by atoms with van der Waals surface area (Å²) in [6.07, 6.45) is 0.682. The van der Waals surface area contributed by atoms with Crippen LogP contribution in [0.2, 0.25) is 0 Å². The molecule has 0 aliphatic carbocycles. The molecule has 0 unspecified atom stereocenters. The van der Waals surface area contributed by atoms with Crippen LogP contribution in [-0.2, 0) is 0 Å². The van der Waals surface area contributed by atoms with E-state index in [2.05, 4.69) is 23.7 Å². The molecule has 106 valence electrons. The first-order valence-corrected chi connectivity index (χ1v) is 7.18. The molecule has 0 aliphatic rings. The minimum absolute atomic E-state index is 0.318. The SMILES string of the molecule is Cc1nc2ccccc2nc1N(CCC(N)=S)C(C)C. The average molecular weight is 288 g/mol. The highest BCUT2D eigenvalue weighted by Crippen LogP contribution is 2.22. The number of rotatable bonds is 5. The smallest absolute Gasteiger partial charge is 0.151 e. The number of nitrogens with zero attached hydrogens (tertiary/aromatic N) is 3. The fourth-order valence-corrected chi connectivity index (χ4v) is 2.28. The Labute approximate surface area is 125 Å². The first kappa shape index (κ1) is 14.7. The van der Waals surface area contributed by atoms with Crippen molar-refractivity contribution in [3.8, 4) is 0 Å². The van der Waals surface area contributed by atoms with E-state index in [1.165, 1.54) is 0 Å². The first-order chi connectivity index (χ1) is 9.49. The molecule has 0 atom stereocenters. The maximum Gasteiger partial charge on any atom is 0.151 e. The monoisotopic (exact) mass is 288 g/mol. The molecule has 0 saturated heterocycles. The molecule has 20 heavy (non-hydrogen) atoms. The van der Waals surface area contributed by atoms with Crippen molar-refractivity contribution in [2.24, 2.45) is 5.73 Å². The van der Waals surface area contributed by atoms with Crippen LogP contribution in [0.1, 0.15) is 26.0 Å². The third-order valence-electron chi connectivity index (χ3n) is 3.21. The first-order valence-electron chi connectivity index (χ1n) is 6.77. The van der Waals surface area contributed by atoms with Crippen LogP contribution in [0.3, 0.4) is 0 Å². The lowest BCUT2D eigenvalue weighted by Crippen LogP contribution is -2.35. The molecule has 0 bridgehead atoms. The molecule has 1 heterocycles. The summed E-state index contributed by atoms with van der Waals surface area (Å²) in [7, 11) is 0. The number of benzene rings is 1. The molecule has 5 heteroatoms. The van der Waals surface area contributed by atoms with Gasteiger partial charge in [0.25, 0.3) is 0 Å². The third-order valence-corrected chi connectivity index (χ3v) is 3.42. The Bertz CT molecular complexity index is 624. The normalized spacial score (nSPS) is 11.0. The van der Waals surface area contributed by atoms with Gasteiger partial charge >= 0.3 is 0 Å². The van der Waals surface area contributed by atoms with Crippen molar-refractivity contribution in [3.63, 3.8) is 0 Å². The lowest BCUT2D eigenvalue weighted by molar-refractivity contribution is 0.678. The molecule has 0 radical (unpaired) electrons. The molecule has 0 spiro atoms. The molecule has 2 rings (SSSR count). The number of para-hydroxylation sites is 2. The Kier molecular flexibility index (Phi) is 4.49. The summed E-state index contributed by atoms with van der Waals surface area (Å²) in [6, 6.07) is 8.23. The van der Waals surface area contributed by atoms with Gasteiger partial charge in [-0.2, -0.15) is 0 Å². The van der Waals surface area contributed by atoms with Crippen molar-refractivity contribution >= 4 is 34.1 Å². The van der Waals surface area contributed by atoms with Crippen LogP contribution >= 0.6 is 12.2 Å². The van der Waals surface area contributed by atoms with Gasteiger partial charge in [0, 0.05) is 19.0 Å². The van der Waals surface area contributed by atoms with E-state index in [9.17, 15) is 0 Å². The van der Waals surface area contributed by atoms with Gasteiger partial charge < -0.3 is 10.6 Å². The fourth-order valence-electron chi connectivity index (χ4n) is 2.19. The number of nitrogens with two attached hydrogens (primary N) is 1. The van der Waals surface area contributed by atoms with Gasteiger partial charge in [0.2, 0.25) is 0 Å². The summed E-state index contributed by atoms with van der Waals surface area (Å²) in [5.74, 6) is 0.912. The van der Waals surface area contributed by atoms with Gasteiger partial charge in [-0.1, -0.05) is 24.4 Å². The second kappa shape index (κ2) is 6.13. The van der Waals surface area contributed by atoms with E-state index in [0.717, 1.165) is 29.1 Å². The predicted octanol–water partition coefficient (Wildman–Crippen LogP) is 2.83. The van der Waals surface area contributed by atoms with E-state index < -0.39 is 0 Å². The Hall–Kier alpha value is -1.75. The van der Waals surface area contributed by atoms with Crippen molar-refractivity contribution in [1.82, 2.24) is 9.97 Å². The van der Waals surface area contributed by atoms with Gasteiger partial charge in [-0.3, -0.25) is 0 Å². The molecule has 0 fully saturated rings. The maximum absolute atomic E-state index is 5.62. The van der Waals surface area contributed by atoms with Crippen molar-refractivity contribution in [2.75, 3.05) is 11.4 Å². The van der Waals surface area contributed by atoms with Gasteiger partial charge in [0.05, 0.1) is 21.7 Å². The Balaban J connectivity index is 2.41. The lowest BCUT2D eigenvalue weighted by atomic mass is 10.2. The Morgan fingerprint density at radius 2 is 1.85 bits per heavy atom. The third kappa shape index (κ3) is 3.22. The number of fused-ring (bicyclic) bond motifs is 1. The van der Waals surface area contributed by atoms with Crippen molar-refractivity contribution < 1.29 is 0 Å². The second-order valence-corrected chi connectivity index (χ2v) is 5.65. The zero-order valence-electron chi connectivity index (χ0n) is 12.1. The fraction of sp³-hybridized carbons (Fsp3) is 0.400. The van der Waals surface area contributed by atoms with Crippen LogP contribution in [0.15, 0.2) is 24.3 Å². The molecule has 0 saturated carbocycles. The van der Waals surface area contributed by atoms with E-state index in [1.807, 2.05) is 31.2 Å². The highest BCUT2D eigenvalue weighted by atomic mass is 32.1. The zero-order chi connectivity index (χ0) is 14.7. The van der Waals surface area contributed by atoms with Crippen LogP contribution in [0, 0.1) is 6.92 Å². The van der Waals surface area contributed by atoms with E-state index in [1.54, 1.807) is 0 Å². The summed E-state index contributed by atoms with van der Waals surface area (Å²) in [6.45, 7) is 7.03. The van der Waals surface area contributed by atoms with Crippen LogP contribution < -0.4 is 10.6 Å². The van der Waals surface area contributed by atoms with Gasteiger partial charge in [-0.15, -0.1) is 0 Å². The minimum atomic E-state index is 0.318. The molecule has 0 amide bonds. The van der Waals surface area contributed by atoms with Crippen LogP contribution in [-0.4, -0.2) is 27.5 Å². The number of aromatic nitrogens is 2. The van der Waals surface area contributed by atoms with Crippen molar-refractivity contribution in [3.05, 3.63) is 30.0 Å². The topological polar surface area (TPSA) is 55.0 Å². The van der Waals surface area contributed by atoms with Gasteiger partial charge in [-0.25, -0.2) is 9.97 Å². The van der Waals surface area contributed by atoms with Gasteiger partial charge in [0.15, 0.2) is 5.82 Å². The van der Waals surface area contributed by atoms with Crippen LogP contribution in [0.5, 0.6) is 0 Å². The summed E-state index contributed by atoms with van der Waals surface area (Å²) in [5, 5.41) is 0. The highest BCUT2D eigenvalue weighted by Gasteiger charge is 2.16. The Morgan fingerprint density at radius 3 is 2.40 bits per heavy atom. The molecular formula is C15H20N4S. The molecule has 0 aliphatic heterocycles.